The Bertz CT molecular complexity index is 684. The number of likely N-dealkylation sites (tertiary alicyclic amines) is 1. The predicted octanol–water partition coefficient (Wildman–Crippen LogP) is 2.02. The minimum Gasteiger partial charge on any atom is -0.351 e. The summed E-state index contributed by atoms with van der Waals surface area (Å²) in [6.45, 7) is 6.02. The SMILES string of the molecule is CN1CCCC(N2CCN(C(=O)c3cc4ccccc4[nH]3)CC2)C1. The van der Waals surface area contributed by atoms with Crippen LogP contribution in [0.4, 0.5) is 0 Å². The number of fused-ring (bicyclic) bond motifs is 1. The number of aromatic nitrogens is 1. The Hall–Kier alpha value is -1.85. The van der Waals surface area contributed by atoms with E-state index in [-0.39, 0.29) is 5.91 Å². The Morgan fingerprint density at radius 2 is 1.92 bits per heavy atom. The first-order chi connectivity index (χ1) is 11.7. The summed E-state index contributed by atoms with van der Waals surface area (Å²) in [5.74, 6) is 0.131. The predicted molar refractivity (Wildman–Crippen MR) is 96.3 cm³/mol. The molecule has 5 heteroatoms. The summed E-state index contributed by atoms with van der Waals surface area (Å²) in [5.41, 5.74) is 1.74. The highest BCUT2D eigenvalue weighted by atomic mass is 16.2. The number of carbonyl (C=O) groups is 1. The smallest absolute Gasteiger partial charge is 0.270 e. The van der Waals surface area contributed by atoms with Crippen LogP contribution in [-0.4, -0.2) is 77.9 Å². The van der Waals surface area contributed by atoms with Crippen molar-refractivity contribution in [1.29, 1.82) is 0 Å². The van der Waals surface area contributed by atoms with Crippen molar-refractivity contribution >= 4 is 16.8 Å². The molecule has 2 aliphatic rings. The van der Waals surface area contributed by atoms with Crippen LogP contribution in [0.25, 0.3) is 10.9 Å². The summed E-state index contributed by atoms with van der Waals surface area (Å²) < 4.78 is 0. The number of amides is 1. The van der Waals surface area contributed by atoms with E-state index in [1.807, 2.05) is 35.2 Å². The summed E-state index contributed by atoms with van der Waals surface area (Å²) >= 11 is 0. The number of rotatable bonds is 2. The molecule has 4 rings (SSSR count). The Labute approximate surface area is 143 Å². The highest BCUT2D eigenvalue weighted by molar-refractivity contribution is 5.98. The lowest BCUT2D eigenvalue weighted by Crippen LogP contribution is -2.55. The molecule has 2 fully saturated rings. The molecular weight excluding hydrogens is 300 g/mol. The minimum absolute atomic E-state index is 0.131. The summed E-state index contributed by atoms with van der Waals surface area (Å²) in [7, 11) is 2.21. The molecule has 1 aromatic heterocycles. The van der Waals surface area contributed by atoms with Crippen LogP contribution in [0.2, 0.25) is 0 Å². The van der Waals surface area contributed by atoms with Crippen LogP contribution in [0.5, 0.6) is 0 Å². The van der Waals surface area contributed by atoms with Crippen molar-refractivity contribution in [2.45, 2.75) is 18.9 Å². The second-order valence-electron chi connectivity index (χ2n) is 7.16. The third-order valence-corrected chi connectivity index (χ3v) is 5.48. The fourth-order valence-corrected chi connectivity index (χ4v) is 4.09. The van der Waals surface area contributed by atoms with Crippen molar-refractivity contribution in [3.8, 4) is 0 Å². The molecule has 5 nitrogen and oxygen atoms in total. The standard InChI is InChI=1S/C19H26N4O/c1-21-8-4-6-16(14-21)22-9-11-23(12-10-22)19(24)18-13-15-5-2-3-7-17(15)20-18/h2-3,5,7,13,16,20H,4,6,8-12,14H2,1H3. The monoisotopic (exact) mass is 326 g/mol. The van der Waals surface area contributed by atoms with E-state index >= 15 is 0 Å². The molecule has 1 N–H and O–H groups in total. The van der Waals surface area contributed by atoms with Gasteiger partial charge in [-0.3, -0.25) is 9.69 Å². The molecule has 2 saturated heterocycles. The summed E-state index contributed by atoms with van der Waals surface area (Å²) in [6.07, 6.45) is 2.58. The Kier molecular flexibility index (Phi) is 4.29. The fraction of sp³-hybridized carbons (Fsp3) is 0.526. The van der Waals surface area contributed by atoms with Gasteiger partial charge in [0.25, 0.3) is 5.91 Å². The van der Waals surface area contributed by atoms with E-state index in [1.165, 1.54) is 19.4 Å². The summed E-state index contributed by atoms with van der Waals surface area (Å²) in [6, 6.07) is 10.7. The van der Waals surface area contributed by atoms with Crippen molar-refractivity contribution in [2.75, 3.05) is 46.3 Å². The van der Waals surface area contributed by atoms with Crippen LogP contribution >= 0.6 is 0 Å². The van der Waals surface area contributed by atoms with E-state index < -0.39 is 0 Å². The number of nitrogens with zero attached hydrogens (tertiary/aromatic N) is 3. The normalized spacial score (nSPS) is 23.7. The molecule has 1 amide bonds. The van der Waals surface area contributed by atoms with E-state index in [4.69, 9.17) is 0 Å². The van der Waals surface area contributed by atoms with Crippen LogP contribution in [0, 0.1) is 0 Å². The molecule has 1 aromatic carbocycles. The van der Waals surface area contributed by atoms with E-state index in [0.717, 1.165) is 43.6 Å². The third-order valence-electron chi connectivity index (χ3n) is 5.48. The van der Waals surface area contributed by atoms with Gasteiger partial charge in [0.05, 0.1) is 0 Å². The zero-order chi connectivity index (χ0) is 16.5. The maximum absolute atomic E-state index is 12.8. The van der Waals surface area contributed by atoms with Crippen molar-refractivity contribution in [2.24, 2.45) is 0 Å². The van der Waals surface area contributed by atoms with Crippen LogP contribution in [0.1, 0.15) is 23.3 Å². The second kappa shape index (κ2) is 6.57. The Balaban J connectivity index is 1.39. The maximum atomic E-state index is 12.8. The quantitative estimate of drug-likeness (QED) is 0.918. The van der Waals surface area contributed by atoms with Gasteiger partial charge in [0.1, 0.15) is 5.69 Å². The zero-order valence-electron chi connectivity index (χ0n) is 14.4. The van der Waals surface area contributed by atoms with Crippen LogP contribution < -0.4 is 0 Å². The van der Waals surface area contributed by atoms with Crippen LogP contribution in [0.15, 0.2) is 30.3 Å². The topological polar surface area (TPSA) is 42.6 Å². The number of carbonyl (C=O) groups excluding carboxylic acids is 1. The number of nitrogens with one attached hydrogen (secondary N) is 1. The number of piperazine rings is 1. The van der Waals surface area contributed by atoms with Gasteiger partial charge >= 0.3 is 0 Å². The molecule has 128 valence electrons. The lowest BCUT2D eigenvalue weighted by Gasteiger charge is -2.42. The molecule has 0 radical (unpaired) electrons. The van der Waals surface area contributed by atoms with Crippen molar-refractivity contribution < 1.29 is 4.79 Å². The molecule has 24 heavy (non-hydrogen) atoms. The highest BCUT2D eigenvalue weighted by Gasteiger charge is 2.29. The fourth-order valence-electron chi connectivity index (χ4n) is 4.09. The largest absolute Gasteiger partial charge is 0.351 e. The first-order valence-electron chi connectivity index (χ1n) is 9.00. The molecule has 2 aliphatic heterocycles. The highest BCUT2D eigenvalue weighted by Crippen LogP contribution is 2.19. The van der Waals surface area contributed by atoms with E-state index in [0.29, 0.717) is 11.7 Å². The van der Waals surface area contributed by atoms with E-state index in [1.54, 1.807) is 0 Å². The molecule has 1 unspecified atom stereocenters. The number of benzene rings is 1. The molecule has 0 bridgehead atoms. The third kappa shape index (κ3) is 3.06. The molecule has 0 spiro atoms. The number of hydrogen-bond donors (Lipinski definition) is 1. The van der Waals surface area contributed by atoms with Gasteiger partial charge in [-0.25, -0.2) is 0 Å². The molecular formula is C19H26N4O. The van der Waals surface area contributed by atoms with Gasteiger partial charge in [0, 0.05) is 49.7 Å². The van der Waals surface area contributed by atoms with Gasteiger partial charge < -0.3 is 14.8 Å². The number of aromatic amines is 1. The van der Waals surface area contributed by atoms with Crippen LogP contribution in [-0.2, 0) is 0 Å². The van der Waals surface area contributed by atoms with Gasteiger partial charge in [-0.2, -0.15) is 0 Å². The van der Waals surface area contributed by atoms with E-state index in [9.17, 15) is 4.79 Å². The van der Waals surface area contributed by atoms with Gasteiger partial charge in [-0.05, 0) is 38.6 Å². The average molecular weight is 326 g/mol. The average Bonchev–Trinajstić information content (AvgIpc) is 3.05. The van der Waals surface area contributed by atoms with Gasteiger partial charge in [-0.15, -0.1) is 0 Å². The number of para-hydroxylation sites is 1. The van der Waals surface area contributed by atoms with Crippen molar-refractivity contribution in [3.63, 3.8) is 0 Å². The summed E-state index contributed by atoms with van der Waals surface area (Å²) in [4.78, 5) is 23.0. The lowest BCUT2D eigenvalue weighted by molar-refractivity contribution is 0.0449. The molecule has 0 saturated carbocycles. The number of likely N-dealkylation sites (N-methyl/N-ethyl adjacent to an activating group) is 1. The maximum Gasteiger partial charge on any atom is 0.270 e. The van der Waals surface area contributed by atoms with Gasteiger partial charge in [0.15, 0.2) is 0 Å². The van der Waals surface area contributed by atoms with E-state index in [2.05, 4.69) is 21.8 Å². The number of piperidine rings is 1. The Morgan fingerprint density at radius 1 is 1.12 bits per heavy atom. The van der Waals surface area contributed by atoms with Crippen molar-refractivity contribution in [1.82, 2.24) is 19.7 Å². The second-order valence-corrected chi connectivity index (χ2v) is 7.16. The lowest BCUT2D eigenvalue weighted by atomic mass is 10.0. The van der Waals surface area contributed by atoms with Crippen LogP contribution in [0.3, 0.4) is 0 Å². The first-order valence-corrected chi connectivity index (χ1v) is 9.00. The summed E-state index contributed by atoms with van der Waals surface area (Å²) in [5, 5.41) is 1.10. The molecule has 2 aromatic rings. The molecule has 3 heterocycles. The minimum atomic E-state index is 0.131. The van der Waals surface area contributed by atoms with Gasteiger partial charge in [-0.1, -0.05) is 18.2 Å². The number of H-pyrrole nitrogens is 1. The molecule has 1 atom stereocenters. The van der Waals surface area contributed by atoms with Crippen molar-refractivity contribution in [3.05, 3.63) is 36.0 Å². The zero-order valence-corrected chi connectivity index (χ0v) is 14.4. The molecule has 0 aliphatic carbocycles. The Morgan fingerprint density at radius 3 is 2.67 bits per heavy atom. The first kappa shape index (κ1) is 15.7. The number of hydrogen-bond acceptors (Lipinski definition) is 3. The van der Waals surface area contributed by atoms with Gasteiger partial charge in [0.2, 0.25) is 0 Å².